The molecule has 1 atom stereocenters. The Morgan fingerprint density at radius 2 is 2.03 bits per heavy atom. The van der Waals surface area contributed by atoms with E-state index >= 15 is 0 Å². The SMILES string of the molecule is CN=C(NCc1cccc(CN2CCC(C)CC2)c1)N1CCOC(c2cnn(C)c2)C1. The number of nitrogens with zero attached hydrogens (tertiary/aromatic N) is 5. The van der Waals surface area contributed by atoms with Crippen LogP contribution in [-0.4, -0.2) is 65.4 Å². The van der Waals surface area contributed by atoms with Crippen molar-refractivity contribution in [2.75, 3.05) is 39.8 Å². The van der Waals surface area contributed by atoms with Crippen LogP contribution in [0.4, 0.5) is 0 Å². The molecule has 3 heterocycles. The van der Waals surface area contributed by atoms with Gasteiger partial charge in [-0.2, -0.15) is 5.10 Å². The smallest absolute Gasteiger partial charge is 0.194 e. The third-order valence-corrected chi connectivity index (χ3v) is 6.40. The Hall–Kier alpha value is -2.38. The number of morpholine rings is 1. The molecule has 31 heavy (non-hydrogen) atoms. The number of hydrogen-bond donors (Lipinski definition) is 1. The highest BCUT2D eigenvalue weighted by Gasteiger charge is 2.25. The number of aromatic nitrogens is 2. The Bertz CT molecular complexity index is 870. The molecule has 0 radical (unpaired) electrons. The number of piperidine rings is 1. The number of hydrogen-bond acceptors (Lipinski definition) is 4. The second-order valence-corrected chi connectivity index (χ2v) is 8.93. The second-order valence-electron chi connectivity index (χ2n) is 8.93. The van der Waals surface area contributed by atoms with Crippen LogP contribution in [0.5, 0.6) is 0 Å². The van der Waals surface area contributed by atoms with Crippen LogP contribution in [0, 0.1) is 5.92 Å². The van der Waals surface area contributed by atoms with E-state index in [-0.39, 0.29) is 6.10 Å². The van der Waals surface area contributed by atoms with E-state index in [0.29, 0.717) is 6.61 Å². The van der Waals surface area contributed by atoms with Crippen LogP contribution in [-0.2, 0) is 24.9 Å². The quantitative estimate of drug-likeness (QED) is 0.591. The number of guanidine groups is 1. The number of aliphatic imine (C=N–C) groups is 1. The van der Waals surface area contributed by atoms with Crippen molar-refractivity contribution in [3.8, 4) is 0 Å². The minimum Gasteiger partial charge on any atom is -0.370 e. The van der Waals surface area contributed by atoms with Gasteiger partial charge in [0.2, 0.25) is 0 Å². The minimum absolute atomic E-state index is 0.0246. The molecule has 1 aromatic heterocycles. The fourth-order valence-electron chi connectivity index (χ4n) is 4.48. The number of ether oxygens (including phenoxy) is 1. The monoisotopic (exact) mass is 424 g/mol. The summed E-state index contributed by atoms with van der Waals surface area (Å²) in [6, 6.07) is 8.95. The average molecular weight is 425 g/mol. The lowest BCUT2D eigenvalue weighted by Crippen LogP contribution is -2.47. The van der Waals surface area contributed by atoms with Crippen LogP contribution in [0.2, 0.25) is 0 Å². The highest BCUT2D eigenvalue weighted by Crippen LogP contribution is 2.22. The first kappa shape index (κ1) is 21.8. The topological polar surface area (TPSA) is 57.9 Å². The standard InChI is InChI=1S/C24H36N6O/c1-19-7-9-29(10-8-19)16-21-6-4-5-20(13-21)14-26-24(25-2)30-11-12-31-23(18-30)22-15-27-28(3)17-22/h4-6,13,15,17,19,23H,7-12,14,16,18H2,1-3H3,(H,25,26). The number of likely N-dealkylation sites (tertiary alicyclic amines) is 1. The van der Waals surface area contributed by atoms with E-state index in [1.807, 2.05) is 31.2 Å². The molecule has 2 aliphatic rings. The zero-order valence-corrected chi connectivity index (χ0v) is 19.1. The van der Waals surface area contributed by atoms with Crippen molar-refractivity contribution >= 4 is 5.96 Å². The largest absolute Gasteiger partial charge is 0.370 e. The summed E-state index contributed by atoms with van der Waals surface area (Å²) in [4.78, 5) is 9.39. The van der Waals surface area contributed by atoms with Gasteiger partial charge < -0.3 is 15.0 Å². The van der Waals surface area contributed by atoms with Gasteiger partial charge in [0, 0.05) is 45.5 Å². The summed E-state index contributed by atoms with van der Waals surface area (Å²) < 4.78 is 7.80. The van der Waals surface area contributed by atoms with Gasteiger partial charge >= 0.3 is 0 Å². The van der Waals surface area contributed by atoms with Gasteiger partial charge in [-0.3, -0.25) is 14.6 Å². The molecule has 1 aromatic carbocycles. The third kappa shape index (κ3) is 5.86. The van der Waals surface area contributed by atoms with Crippen LogP contribution in [0.1, 0.15) is 42.6 Å². The summed E-state index contributed by atoms with van der Waals surface area (Å²) in [5, 5.41) is 7.84. The summed E-state index contributed by atoms with van der Waals surface area (Å²) in [7, 11) is 3.79. The van der Waals surface area contributed by atoms with Gasteiger partial charge in [-0.25, -0.2) is 0 Å². The zero-order chi connectivity index (χ0) is 21.6. The highest BCUT2D eigenvalue weighted by atomic mass is 16.5. The first-order chi connectivity index (χ1) is 15.1. The molecule has 7 heteroatoms. The van der Waals surface area contributed by atoms with E-state index in [4.69, 9.17) is 4.74 Å². The number of nitrogens with one attached hydrogen (secondary N) is 1. The van der Waals surface area contributed by atoms with E-state index in [0.717, 1.165) is 43.6 Å². The third-order valence-electron chi connectivity index (χ3n) is 6.40. The summed E-state index contributed by atoms with van der Waals surface area (Å²) in [5.41, 5.74) is 3.80. The molecule has 0 bridgehead atoms. The molecule has 1 N–H and O–H groups in total. The molecule has 2 aromatic rings. The predicted octanol–water partition coefficient (Wildman–Crippen LogP) is 2.80. The number of benzene rings is 1. The molecule has 0 amide bonds. The van der Waals surface area contributed by atoms with Gasteiger partial charge in [0.05, 0.1) is 19.3 Å². The molecule has 0 spiro atoms. The Labute approximate surface area is 186 Å². The first-order valence-corrected chi connectivity index (χ1v) is 11.5. The van der Waals surface area contributed by atoms with Crippen LogP contribution < -0.4 is 5.32 Å². The van der Waals surface area contributed by atoms with Gasteiger partial charge in [0.25, 0.3) is 0 Å². The van der Waals surface area contributed by atoms with Crippen LogP contribution in [0.25, 0.3) is 0 Å². The lowest BCUT2D eigenvalue weighted by molar-refractivity contribution is -0.00805. The Morgan fingerprint density at radius 3 is 2.77 bits per heavy atom. The van der Waals surface area contributed by atoms with Crippen LogP contribution in [0.15, 0.2) is 41.7 Å². The molecule has 168 valence electrons. The Balaban J connectivity index is 1.32. The second kappa shape index (κ2) is 10.3. The van der Waals surface area contributed by atoms with Gasteiger partial charge in [0.1, 0.15) is 6.10 Å². The minimum atomic E-state index is 0.0246. The maximum absolute atomic E-state index is 5.98. The van der Waals surface area contributed by atoms with Crippen molar-refractivity contribution in [3.05, 3.63) is 53.3 Å². The summed E-state index contributed by atoms with van der Waals surface area (Å²) in [6.45, 7) is 8.91. The van der Waals surface area contributed by atoms with Crippen molar-refractivity contribution in [2.45, 2.75) is 39.0 Å². The molecule has 0 aliphatic carbocycles. The molecular formula is C24H36N6O. The lowest BCUT2D eigenvalue weighted by Gasteiger charge is -2.34. The van der Waals surface area contributed by atoms with Gasteiger partial charge in [-0.15, -0.1) is 0 Å². The summed E-state index contributed by atoms with van der Waals surface area (Å²) in [6.07, 6.45) is 6.57. The molecule has 2 saturated heterocycles. The highest BCUT2D eigenvalue weighted by molar-refractivity contribution is 5.80. The van der Waals surface area contributed by atoms with Crippen LogP contribution >= 0.6 is 0 Å². The van der Waals surface area contributed by atoms with E-state index in [1.54, 1.807) is 0 Å². The fourth-order valence-corrected chi connectivity index (χ4v) is 4.48. The Kier molecular flexibility index (Phi) is 7.25. The van der Waals surface area contributed by atoms with E-state index in [2.05, 4.69) is 56.4 Å². The summed E-state index contributed by atoms with van der Waals surface area (Å²) in [5.74, 6) is 1.80. The molecular weight excluding hydrogens is 388 g/mol. The molecule has 0 saturated carbocycles. The number of rotatable bonds is 5. The molecule has 2 fully saturated rings. The number of aryl methyl sites for hydroxylation is 1. The van der Waals surface area contributed by atoms with Crippen molar-refractivity contribution < 1.29 is 4.74 Å². The molecule has 4 rings (SSSR count). The maximum atomic E-state index is 5.98. The molecule has 7 nitrogen and oxygen atoms in total. The lowest BCUT2D eigenvalue weighted by atomic mass is 9.98. The Morgan fingerprint density at radius 1 is 1.23 bits per heavy atom. The predicted molar refractivity (Wildman–Crippen MR) is 124 cm³/mol. The first-order valence-electron chi connectivity index (χ1n) is 11.5. The van der Waals surface area contributed by atoms with Gasteiger partial charge in [-0.1, -0.05) is 31.2 Å². The maximum Gasteiger partial charge on any atom is 0.194 e. The average Bonchev–Trinajstić information content (AvgIpc) is 3.23. The van der Waals surface area contributed by atoms with E-state index in [9.17, 15) is 0 Å². The van der Waals surface area contributed by atoms with Crippen molar-refractivity contribution in [1.82, 2.24) is 24.9 Å². The molecule has 2 aliphatic heterocycles. The van der Waals surface area contributed by atoms with E-state index in [1.165, 1.54) is 37.1 Å². The van der Waals surface area contributed by atoms with Crippen LogP contribution in [0.3, 0.4) is 0 Å². The fraction of sp³-hybridized carbons (Fsp3) is 0.583. The van der Waals surface area contributed by atoms with Gasteiger partial charge in [0.15, 0.2) is 5.96 Å². The van der Waals surface area contributed by atoms with Crippen molar-refractivity contribution in [1.29, 1.82) is 0 Å². The van der Waals surface area contributed by atoms with E-state index < -0.39 is 0 Å². The normalized spacial score (nSPS) is 21.5. The van der Waals surface area contributed by atoms with Gasteiger partial charge in [-0.05, 0) is 43.0 Å². The molecule has 1 unspecified atom stereocenters. The van der Waals surface area contributed by atoms with Crippen molar-refractivity contribution in [2.24, 2.45) is 18.0 Å². The van der Waals surface area contributed by atoms with Crippen molar-refractivity contribution in [3.63, 3.8) is 0 Å². The summed E-state index contributed by atoms with van der Waals surface area (Å²) >= 11 is 0. The zero-order valence-electron chi connectivity index (χ0n) is 19.1.